The molecule has 2 aliphatic heterocycles. The van der Waals surface area contributed by atoms with E-state index in [0.29, 0.717) is 26.2 Å². The van der Waals surface area contributed by atoms with Crippen molar-refractivity contribution in [3.63, 3.8) is 0 Å². The van der Waals surface area contributed by atoms with Gasteiger partial charge < -0.3 is 14.5 Å². The molecule has 26 heavy (non-hydrogen) atoms. The second-order valence-electron chi connectivity index (χ2n) is 7.59. The summed E-state index contributed by atoms with van der Waals surface area (Å²) in [5.74, 6) is 0.251. The summed E-state index contributed by atoms with van der Waals surface area (Å²) in [5, 5.41) is 0. The maximum Gasteiger partial charge on any atom is 0.253 e. The Hall–Kier alpha value is -1.88. The van der Waals surface area contributed by atoms with Crippen LogP contribution >= 0.6 is 0 Å². The van der Waals surface area contributed by atoms with Crippen molar-refractivity contribution in [2.45, 2.75) is 39.0 Å². The molecule has 3 rings (SSSR count). The first-order valence-electron chi connectivity index (χ1n) is 9.76. The van der Waals surface area contributed by atoms with Gasteiger partial charge in [-0.15, -0.1) is 0 Å². The highest BCUT2D eigenvalue weighted by atomic mass is 16.5. The van der Waals surface area contributed by atoms with Crippen LogP contribution in [0.5, 0.6) is 0 Å². The Bertz CT molecular complexity index is 643. The Morgan fingerprint density at radius 3 is 2.65 bits per heavy atom. The molecule has 1 atom stereocenters. The van der Waals surface area contributed by atoms with Gasteiger partial charge in [-0.05, 0) is 43.4 Å². The molecule has 2 amide bonds. The second-order valence-corrected chi connectivity index (χ2v) is 7.59. The minimum absolute atomic E-state index is 0.0479. The smallest absolute Gasteiger partial charge is 0.253 e. The predicted octanol–water partition coefficient (Wildman–Crippen LogP) is 2.74. The van der Waals surface area contributed by atoms with Crippen LogP contribution in [0, 0.1) is 5.41 Å². The number of methoxy groups -OCH3 is 1. The third-order valence-electron chi connectivity index (χ3n) is 5.77. The number of likely N-dealkylation sites (tertiary alicyclic amines) is 2. The van der Waals surface area contributed by atoms with Gasteiger partial charge in [-0.1, -0.05) is 25.5 Å². The summed E-state index contributed by atoms with van der Waals surface area (Å²) in [6.07, 6.45) is 4.80. The van der Waals surface area contributed by atoms with E-state index >= 15 is 0 Å². The average Bonchev–Trinajstić information content (AvgIpc) is 3.08. The lowest BCUT2D eigenvalue weighted by Crippen LogP contribution is -2.51. The molecule has 2 heterocycles. The number of hydrogen-bond acceptors (Lipinski definition) is 3. The van der Waals surface area contributed by atoms with Crippen LogP contribution in [-0.4, -0.2) is 61.5 Å². The molecular formula is C21H30N2O3. The minimum atomic E-state index is -0.385. The number of ether oxygens (including phenoxy) is 1. The quantitative estimate of drug-likeness (QED) is 0.786. The van der Waals surface area contributed by atoms with Crippen molar-refractivity contribution in [2.24, 2.45) is 5.41 Å². The molecule has 0 bridgehead atoms. The summed E-state index contributed by atoms with van der Waals surface area (Å²) in [7, 11) is 1.66. The molecule has 0 aliphatic carbocycles. The van der Waals surface area contributed by atoms with E-state index in [1.54, 1.807) is 7.11 Å². The van der Waals surface area contributed by atoms with Crippen LogP contribution in [0.3, 0.4) is 0 Å². The van der Waals surface area contributed by atoms with Gasteiger partial charge in [-0.2, -0.15) is 0 Å². The lowest BCUT2D eigenvalue weighted by atomic mass is 9.78. The molecule has 0 radical (unpaired) electrons. The molecular weight excluding hydrogens is 328 g/mol. The zero-order valence-electron chi connectivity index (χ0n) is 16.0. The number of benzene rings is 1. The van der Waals surface area contributed by atoms with E-state index in [2.05, 4.69) is 6.92 Å². The Morgan fingerprint density at radius 1 is 1.19 bits per heavy atom. The Balaban J connectivity index is 1.67. The van der Waals surface area contributed by atoms with Crippen LogP contribution in [0.2, 0.25) is 0 Å². The van der Waals surface area contributed by atoms with E-state index in [1.807, 2.05) is 34.1 Å². The fourth-order valence-electron chi connectivity index (χ4n) is 4.28. The molecule has 5 heteroatoms. The molecule has 142 valence electrons. The maximum atomic E-state index is 13.0. The van der Waals surface area contributed by atoms with Gasteiger partial charge in [0, 0.05) is 38.9 Å². The highest BCUT2D eigenvalue weighted by Crippen LogP contribution is 2.40. The van der Waals surface area contributed by atoms with Crippen molar-refractivity contribution in [1.82, 2.24) is 9.80 Å². The van der Waals surface area contributed by atoms with E-state index in [4.69, 9.17) is 4.74 Å². The highest BCUT2D eigenvalue weighted by molar-refractivity contribution is 5.95. The van der Waals surface area contributed by atoms with Crippen molar-refractivity contribution in [3.8, 4) is 0 Å². The summed E-state index contributed by atoms with van der Waals surface area (Å²) in [6.45, 7) is 5.37. The summed E-state index contributed by atoms with van der Waals surface area (Å²) in [6, 6.07) is 7.93. The number of nitrogens with zero attached hydrogens (tertiary/aromatic N) is 2. The van der Waals surface area contributed by atoms with Crippen molar-refractivity contribution < 1.29 is 14.3 Å². The number of hydrogen-bond donors (Lipinski definition) is 0. The lowest BCUT2D eigenvalue weighted by Gasteiger charge is -2.39. The number of aryl methyl sites for hydroxylation is 1. The topological polar surface area (TPSA) is 49.9 Å². The monoisotopic (exact) mass is 358 g/mol. The first kappa shape index (κ1) is 18.9. The molecule has 2 saturated heterocycles. The van der Waals surface area contributed by atoms with E-state index in [0.717, 1.165) is 44.2 Å². The average molecular weight is 358 g/mol. The molecule has 0 aromatic heterocycles. The first-order chi connectivity index (χ1) is 12.6. The second kappa shape index (κ2) is 8.21. The van der Waals surface area contributed by atoms with Crippen LogP contribution in [0.25, 0.3) is 0 Å². The number of carbonyl (C=O) groups is 2. The molecule has 2 fully saturated rings. The Labute approximate surface area is 156 Å². The molecule has 1 spiro atoms. The minimum Gasteiger partial charge on any atom is -0.383 e. The Morgan fingerprint density at radius 2 is 1.96 bits per heavy atom. The molecule has 2 aliphatic rings. The number of amides is 2. The summed E-state index contributed by atoms with van der Waals surface area (Å²) in [5.41, 5.74) is 1.60. The molecule has 5 nitrogen and oxygen atoms in total. The first-order valence-corrected chi connectivity index (χ1v) is 9.76. The van der Waals surface area contributed by atoms with Gasteiger partial charge in [-0.3, -0.25) is 9.59 Å². The van der Waals surface area contributed by atoms with Crippen LogP contribution in [0.1, 0.15) is 48.5 Å². The van der Waals surface area contributed by atoms with Crippen molar-refractivity contribution >= 4 is 11.8 Å². The third-order valence-corrected chi connectivity index (χ3v) is 5.77. The number of rotatable bonds is 6. The van der Waals surface area contributed by atoms with E-state index < -0.39 is 0 Å². The third kappa shape index (κ3) is 3.78. The van der Waals surface area contributed by atoms with Crippen LogP contribution < -0.4 is 0 Å². The van der Waals surface area contributed by atoms with Gasteiger partial charge >= 0.3 is 0 Å². The van der Waals surface area contributed by atoms with Gasteiger partial charge in [0.05, 0.1) is 12.0 Å². The van der Waals surface area contributed by atoms with Crippen LogP contribution in [0.15, 0.2) is 24.3 Å². The lowest BCUT2D eigenvalue weighted by molar-refractivity contribution is -0.146. The fourth-order valence-corrected chi connectivity index (χ4v) is 4.28. The summed E-state index contributed by atoms with van der Waals surface area (Å²) in [4.78, 5) is 29.7. The van der Waals surface area contributed by atoms with Gasteiger partial charge in [-0.25, -0.2) is 0 Å². The molecule has 1 aromatic rings. The van der Waals surface area contributed by atoms with E-state index in [1.165, 1.54) is 5.56 Å². The maximum absolute atomic E-state index is 13.0. The van der Waals surface area contributed by atoms with Gasteiger partial charge in [0.15, 0.2) is 0 Å². The molecule has 0 N–H and O–H groups in total. The molecule has 0 saturated carbocycles. The zero-order valence-corrected chi connectivity index (χ0v) is 16.0. The number of carbonyl (C=O) groups excluding carboxylic acids is 2. The predicted molar refractivity (Wildman–Crippen MR) is 101 cm³/mol. The van der Waals surface area contributed by atoms with E-state index in [-0.39, 0.29) is 17.2 Å². The largest absolute Gasteiger partial charge is 0.383 e. The normalized spacial score (nSPS) is 23.1. The van der Waals surface area contributed by atoms with Crippen molar-refractivity contribution in [1.29, 1.82) is 0 Å². The van der Waals surface area contributed by atoms with Gasteiger partial charge in [0.25, 0.3) is 5.91 Å². The number of piperidine rings is 1. The van der Waals surface area contributed by atoms with E-state index in [9.17, 15) is 9.59 Å². The SMILES string of the molecule is CCCc1ccc(C(=O)N2CC[C@]3(CCCN(CCOC)C3=O)C2)cc1. The highest BCUT2D eigenvalue weighted by Gasteiger charge is 2.49. The van der Waals surface area contributed by atoms with Crippen LogP contribution in [-0.2, 0) is 16.0 Å². The summed E-state index contributed by atoms with van der Waals surface area (Å²) < 4.78 is 5.13. The van der Waals surface area contributed by atoms with Crippen molar-refractivity contribution in [3.05, 3.63) is 35.4 Å². The summed E-state index contributed by atoms with van der Waals surface area (Å²) >= 11 is 0. The van der Waals surface area contributed by atoms with Gasteiger partial charge in [0.1, 0.15) is 0 Å². The van der Waals surface area contributed by atoms with Gasteiger partial charge in [0.2, 0.25) is 5.91 Å². The standard InChI is InChI=1S/C21H30N2O3/c1-3-5-17-6-8-18(9-7-17)19(24)23-13-11-21(16-23)10-4-12-22(20(21)25)14-15-26-2/h6-9H,3-5,10-16H2,1-2H3/t21-/m1/s1. The van der Waals surface area contributed by atoms with Crippen LogP contribution in [0.4, 0.5) is 0 Å². The zero-order chi connectivity index (χ0) is 18.6. The Kier molecular flexibility index (Phi) is 5.97. The molecule has 0 unspecified atom stereocenters. The molecule has 1 aromatic carbocycles. The van der Waals surface area contributed by atoms with Crippen molar-refractivity contribution in [2.75, 3.05) is 39.9 Å². The fraction of sp³-hybridized carbons (Fsp3) is 0.619.